The van der Waals surface area contributed by atoms with Gasteiger partial charge in [-0.1, -0.05) is 13.8 Å². The van der Waals surface area contributed by atoms with Crippen LogP contribution in [-0.2, 0) is 0 Å². The molecule has 3 heteroatoms. The van der Waals surface area contributed by atoms with Crippen LogP contribution in [0.1, 0.15) is 24.3 Å². The Balaban J connectivity index is 2.48. The Bertz CT molecular complexity index is 350. The molecular weight excluding hydrogens is 180 g/mol. The van der Waals surface area contributed by atoms with E-state index < -0.39 is 0 Å². The van der Waals surface area contributed by atoms with Gasteiger partial charge in [0.05, 0.1) is 16.3 Å². The average Bonchev–Trinajstić information content (AvgIpc) is 2.48. The molecule has 0 spiro atoms. The molecule has 0 radical (unpaired) electrons. The van der Waals surface area contributed by atoms with E-state index in [1.165, 1.54) is 21.8 Å². The molecule has 1 aliphatic heterocycles. The Morgan fingerprint density at radius 1 is 1.54 bits per heavy atom. The van der Waals surface area contributed by atoms with Gasteiger partial charge >= 0.3 is 0 Å². The molecule has 1 N–H and O–H groups in total. The second-order valence-corrected chi connectivity index (χ2v) is 4.54. The second-order valence-electron chi connectivity index (χ2n) is 3.66. The van der Waals surface area contributed by atoms with Gasteiger partial charge in [0.25, 0.3) is 0 Å². The lowest BCUT2D eigenvalue weighted by Gasteiger charge is -2.17. The number of fused-ring (bicyclic) bond motifs is 1. The largest absolute Gasteiger partial charge is 0.365 e. The summed E-state index contributed by atoms with van der Waals surface area (Å²) in [5.74, 6) is 0.527. The molecule has 13 heavy (non-hydrogen) atoms. The fourth-order valence-electron chi connectivity index (χ4n) is 1.57. The number of aliphatic imine (C=N–C) groups is 1. The summed E-state index contributed by atoms with van der Waals surface area (Å²) >= 11 is 1.80. The summed E-state index contributed by atoms with van der Waals surface area (Å²) in [4.78, 5) is 5.83. The van der Waals surface area contributed by atoms with E-state index in [2.05, 4.69) is 36.5 Å². The van der Waals surface area contributed by atoms with Gasteiger partial charge in [-0.05, 0) is 23.8 Å². The Hall–Kier alpha value is -0.830. The molecule has 0 amide bonds. The molecule has 1 aromatic heterocycles. The van der Waals surface area contributed by atoms with Crippen molar-refractivity contribution in [1.29, 1.82) is 0 Å². The summed E-state index contributed by atoms with van der Waals surface area (Å²) in [5, 5.41) is 5.51. The van der Waals surface area contributed by atoms with Crippen LogP contribution in [0.5, 0.6) is 0 Å². The van der Waals surface area contributed by atoms with E-state index in [-0.39, 0.29) is 0 Å². The second kappa shape index (κ2) is 3.14. The number of nitrogens with zero attached hydrogens (tertiary/aromatic N) is 1. The predicted molar refractivity (Wildman–Crippen MR) is 58.9 cm³/mol. The van der Waals surface area contributed by atoms with Crippen LogP contribution in [0.4, 0.5) is 5.69 Å². The fourth-order valence-corrected chi connectivity index (χ4v) is 2.76. The monoisotopic (exact) mass is 194 g/mol. The minimum atomic E-state index is 0.527. The predicted octanol–water partition coefficient (Wildman–Crippen LogP) is 2.88. The molecule has 0 bridgehead atoms. The first-order valence-corrected chi connectivity index (χ1v) is 5.44. The number of aryl methyl sites for hydroxylation is 1. The van der Waals surface area contributed by atoms with Gasteiger partial charge in [0.1, 0.15) is 6.67 Å². The van der Waals surface area contributed by atoms with Crippen molar-refractivity contribution in [3.05, 3.63) is 15.8 Å². The van der Waals surface area contributed by atoms with Crippen molar-refractivity contribution in [2.24, 2.45) is 10.9 Å². The van der Waals surface area contributed by atoms with Gasteiger partial charge in [-0.25, -0.2) is 0 Å². The van der Waals surface area contributed by atoms with Crippen molar-refractivity contribution in [3.8, 4) is 0 Å². The zero-order valence-corrected chi connectivity index (χ0v) is 9.03. The van der Waals surface area contributed by atoms with Crippen molar-refractivity contribution < 1.29 is 0 Å². The third kappa shape index (κ3) is 1.37. The van der Waals surface area contributed by atoms with E-state index >= 15 is 0 Å². The van der Waals surface area contributed by atoms with Crippen molar-refractivity contribution in [1.82, 2.24) is 0 Å². The SMILES string of the molecule is Cc1csc2c1NCN=C2C(C)C. The number of rotatable bonds is 1. The standard InChI is InChI=1S/C10H14N2S/c1-6(2)8-10-9(12-5-11-8)7(3)4-13-10/h4,6,12H,5H2,1-3H3. The van der Waals surface area contributed by atoms with Crippen LogP contribution in [0.15, 0.2) is 10.4 Å². The van der Waals surface area contributed by atoms with Crippen LogP contribution < -0.4 is 5.32 Å². The summed E-state index contributed by atoms with van der Waals surface area (Å²) in [5.41, 5.74) is 3.89. The lowest BCUT2D eigenvalue weighted by molar-refractivity contribution is 0.871. The van der Waals surface area contributed by atoms with Gasteiger partial charge in [-0.15, -0.1) is 11.3 Å². The van der Waals surface area contributed by atoms with Crippen LogP contribution in [0.2, 0.25) is 0 Å². The summed E-state index contributed by atoms with van der Waals surface area (Å²) in [6.45, 7) is 7.27. The van der Waals surface area contributed by atoms with E-state index in [1.807, 2.05) is 0 Å². The third-order valence-electron chi connectivity index (χ3n) is 2.26. The van der Waals surface area contributed by atoms with Gasteiger partial charge in [-0.2, -0.15) is 0 Å². The molecule has 1 aliphatic rings. The van der Waals surface area contributed by atoms with E-state index in [4.69, 9.17) is 0 Å². The van der Waals surface area contributed by atoms with E-state index in [0.717, 1.165) is 6.67 Å². The Labute approximate surface area is 82.7 Å². The molecule has 0 saturated carbocycles. The highest BCUT2D eigenvalue weighted by Crippen LogP contribution is 2.32. The summed E-state index contributed by atoms with van der Waals surface area (Å²) < 4.78 is 0. The van der Waals surface area contributed by atoms with Gasteiger partial charge in [0, 0.05) is 0 Å². The zero-order valence-electron chi connectivity index (χ0n) is 8.22. The molecular formula is C10H14N2S. The minimum absolute atomic E-state index is 0.527. The first-order valence-electron chi connectivity index (χ1n) is 4.57. The van der Waals surface area contributed by atoms with Crippen LogP contribution in [0, 0.1) is 12.8 Å². The molecule has 70 valence electrons. The highest BCUT2D eigenvalue weighted by molar-refractivity contribution is 7.13. The third-order valence-corrected chi connectivity index (χ3v) is 3.38. The number of hydrogen-bond acceptors (Lipinski definition) is 3. The molecule has 0 saturated heterocycles. The quantitative estimate of drug-likeness (QED) is 0.730. The van der Waals surface area contributed by atoms with Crippen LogP contribution in [0.25, 0.3) is 0 Å². The summed E-state index contributed by atoms with van der Waals surface area (Å²) in [6, 6.07) is 0. The Morgan fingerprint density at radius 2 is 2.31 bits per heavy atom. The van der Waals surface area contributed by atoms with Crippen molar-refractivity contribution in [2.45, 2.75) is 20.8 Å². The number of nitrogens with one attached hydrogen (secondary N) is 1. The molecule has 1 aromatic rings. The summed E-state index contributed by atoms with van der Waals surface area (Å²) in [7, 11) is 0. The van der Waals surface area contributed by atoms with Gasteiger partial charge < -0.3 is 5.32 Å². The lowest BCUT2D eigenvalue weighted by Crippen LogP contribution is -2.18. The van der Waals surface area contributed by atoms with Crippen molar-refractivity contribution in [2.75, 3.05) is 12.0 Å². The van der Waals surface area contributed by atoms with Crippen LogP contribution >= 0.6 is 11.3 Å². The summed E-state index contributed by atoms with van der Waals surface area (Å²) in [6.07, 6.45) is 0. The molecule has 0 aliphatic carbocycles. The minimum Gasteiger partial charge on any atom is -0.365 e. The zero-order chi connectivity index (χ0) is 9.42. The van der Waals surface area contributed by atoms with E-state index in [1.54, 1.807) is 11.3 Å². The van der Waals surface area contributed by atoms with Crippen LogP contribution in [0.3, 0.4) is 0 Å². The maximum atomic E-state index is 4.50. The van der Waals surface area contributed by atoms with Gasteiger partial charge in [0.15, 0.2) is 0 Å². The average molecular weight is 194 g/mol. The Kier molecular flexibility index (Phi) is 2.12. The van der Waals surface area contributed by atoms with Crippen LogP contribution in [-0.4, -0.2) is 12.4 Å². The molecule has 2 rings (SSSR count). The molecule has 2 nitrogen and oxygen atoms in total. The number of thiophene rings is 1. The van der Waals surface area contributed by atoms with Gasteiger partial charge in [-0.3, -0.25) is 4.99 Å². The highest BCUT2D eigenvalue weighted by atomic mass is 32.1. The normalized spacial score (nSPS) is 15.2. The first kappa shape index (κ1) is 8.75. The number of anilines is 1. The molecule has 0 fully saturated rings. The fraction of sp³-hybridized carbons (Fsp3) is 0.500. The van der Waals surface area contributed by atoms with E-state index in [0.29, 0.717) is 5.92 Å². The van der Waals surface area contributed by atoms with Crippen molar-refractivity contribution in [3.63, 3.8) is 0 Å². The smallest absolute Gasteiger partial charge is 0.108 e. The number of hydrogen-bond donors (Lipinski definition) is 1. The molecule has 0 aromatic carbocycles. The molecule has 0 atom stereocenters. The maximum absolute atomic E-state index is 4.50. The molecule has 0 unspecified atom stereocenters. The highest BCUT2D eigenvalue weighted by Gasteiger charge is 2.19. The van der Waals surface area contributed by atoms with Gasteiger partial charge in [0.2, 0.25) is 0 Å². The lowest BCUT2D eigenvalue weighted by atomic mass is 10.0. The van der Waals surface area contributed by atoms with Crippen molar-refractivity contribution >= 4 is 22.7 Å². The Morgan fingerprint density at radius 3 is 3.00 bits per heavy atom. The maximum Gasteiger partial charge on any atom is 0.108 e. The molecule has 2 heterocycles. The van der Waals surface area contributed by atoms with E-state index in [9.17, 15) is 0 Å². The first-order chi connectivity index (χ1) is 6.20. The topological polar surface area (TPSA) is 24.4 Å².